The SMILES string of the molecule is CC.CN1CCCCC1CN. The van der Waals surface area contributed by atoms with E-state index in [4.69, 9.17) is 5.73 Å². The Morgan fingerprint density at radius 3 is 2.36 bits per heavy atom. The van der Waals surface area contributed by atoms with Crippen molar-refractivity contribution in [1.82, 2.24) is 4.90 Å². The molecule has 1 aliphatic rings. The molecule has 0 aliphatic carbocycles. The van der Waals surface area contributed by atoms with Crippen LogP contribution in [0.2, 0.25) is 0 Å². The van der Waals surface area contributed by atoms with Crippen LogP contribution in [0, 0.1) is 0 Å². The van der Waals surface area contributed by atoms with E-state index < -0.39 is 0 Å². The van der Waals surface area contributed by atoms with Crippen LogP contribution in [0.5, 0.6) is 0 Å². The van der Waals surface area contributed by atoms with Crippen molar-refractivity contribution in [3.8, 4) is 0 Å². The maximum atomic E-state index is 5.55. The summed E-state index contributed by atoms with van der Waals surface area (Å²) in [5, 5.41) is 0. The quantitative estimate of drug-likeness (QED) is 0.626. The normalized spacial score (nSPS) is 25.6. The molecule has 11 heavy (non-hydrogen) atoms. The number of piperidine rings is 1. The van der Waals surface area contributed by atoms with Crippen LogP contribution in [-0.2, 0) is 0 Å². The third-order valence-electron chi connectivity index (χ3n) is 2.19. The van der Waals surface area contributed by atoms with Crippen molar-refractivity contribution in [2.45, 2.75) is 39.2 Å². The summed E-state index contributed by atoms with van der Waals surface area (Å²) in [6, 6.07) is 0.666. The van der Waals surface area contributed by atoms with Gasteiger partial charge in [-0.3, -0.25) is 0 Å². The average Bonchev–Trinajstić information content (AvgIpc) is 2.09. The zero-order chi connectivity index (χ0) is 8.69. The molecule has 0 amide bonds. The molecule has 2 heteroatoms. The fourth-order valence-electron chi connectivity index (χ4n) is 1.44. The second-order valence-corrected chi connectivity index (χ2v) is 2.87. The van der Waals surface area contributed by atoms with E-state index in [1.807, 2.05) is 13.8 Å². The molecular formula is C9H22N2. The van der Waals surface area contributed by atoms with Crippen LogP contribution >= 0.6 is 0 Å². The van der Waals surface area contributed by atoms with Gasteiger partial charge in [-0.05, 0) is 26.4 Å². The molecule has 1 fully saturated rings. The van der Waals surface area contributed by atoms with Gasteiger partial charge in [-0.2, -0.15) is 0 Å². The van der Waals surface area contributed by atoms with E-state index >= 15 is 0 Å². The fourth-order valence-corrected chi connectivity index (χ4v) is 1.44. The monoisotopic (exact) mass is 158 g/mol. The van der Waals surface area contributed by atoms with E-state index in [1.165, 1.54) is 25.8 Å². The third kappa shape index (κ3) is 3.73. The van der Waals surface area contributed by atoms with E-state index in [1.54, 1.807) is 0 Å². The summed E-state index contributed by atoms with van der Waals surface area (Å²) >= 11 is 0. The Morgan fingerprint density at radius 2 is 2.00 bits per heavy atom. The van der Waals surface area contributed by atoms with Crippen LogP contribution in [0.3, 0.4) is 0 Å². The van der Waals surface area contributed by atoms with E-state index in [0.717, 1.165) is 6.54 Å². The number of likely N-dealkylation sites (N-methyl/N-ethyl adjacent to an activating group) is 1. The predicted molar refractivity (Wildman–Crippen MR) is 50.7 cm³/mol. The van der Waals surface area contributed by atoms with Gasteiger partial charge in [0.15, 0.2) is 0 Å². The Labute approximate surface area is 70.8 Å². The maximum absolute atomic E-state index is 5.55. The lowest BCUT2D eigenvalue weighted by molar-refractivity contribution is 0.191. The first kappa shape index (κ1) is 10.9. The highest BCUT2D eigenvalue weighted by Crippen LogP contribution is 2.12. The Kier molecular flexibility index (Phi) is 6.57. The van der Waals surface area contributed by atoms with Crippen molar-refractivity contribution in [1.29, 1.82) is 0 Å². The number of nitrogens with two attached hydrogens (primary N) is 1. The van der Waals surface area contributed by atoms with Gasteiger partial charge in [0.2, 0.25) is 0 Å². The smallest absolute Gasteiger partial charge is 0.0215 e. The molecule has 2 nitrogen and oxygen atoms in total. The molecular weight excluding hydrogens is 136 g/mol. The highest BCUT2D eigenvalue weighted by atomic mass is 15.1. The maximum Gasteiger partial charge on any atom is 0.0215 e. The van der Waals surface area contributed by atoms with E-state index in [9.17, 15) is 0 Å². The molecule has 0 aromatic rings. The Hall–Kier alpha value is -0.0800. The molecule has 2 N–H and O–H groups in total. The topological polar surface area (TPSA) is 29.3 Å². The highest BCUT2D eigenvalue weighted by Gasteiger charge is 2.15. The summed E-state index contributed by atoms with van der Waals surface area (Å²) in [7, 11) is 2.16. The molecule has 1 unspecified atom stereocenters. The van der Waals surface area contributed by atoms with Crippen molar-refractivity contribution in [3.63, 3.8) is 0 Å². The molecule has 0 aromatic heterocycles. The molecule has 0 saturated carbocycles. The van der Waals surface area contributed by atoms with E-state index in [-0.39, 0.29) is 0 Å². The first-order valence-corrected chi connectivity index (χ1v) is 4.75. The van der Waals surface area contributed by atoms with Crippen molar-refractivity contribution in [3.05, 3.63) is 0 Å². The lowest BCUT2D eigenvalue weighted by atomic mass is 10.0. The van der Waals surface area contributed by atoms with Gasteiger partial charge in [0.25, 0.3) is 0 Å². The summed E-state index contributed by atoms with van der Waals surface area (Å²) in [6.07, 6.45) is 4.02. The van der Waals surface area contributed by atoms with Crippen LogP contribution < -0.4 is 5.73 Å². The van der Waals surface area contributed by atoms with Crippen molar-refractivity contribution in [2.75, 3.05) is 20.1 Å². The minimum atomic E-state index is 0.666. The highest BCUT2D eigenvalue weighted by molar-refractivity contribution is 4.73. The summed E-state index contributed by atoms with van der Waals surface area (Å²) in [5.41, 5.74) is 5.55. The lowest BCUT2D eigenvalue weighted by Crippen LogP contribution is -2.41. The number of likely N-dealkylation sites (tertiary alicyclic amines) is 1. The van der Waals surface area contributed by atoms with Crippen molar-refractivity contribution in [2.24, 2.45) is 5.73 Å². The molecule has 1 heterocycles. The first-order valence-electron chi connectivity index (χ1n) is 4.75. The standard InChI is InChI=1S/C7H16N2.C2H6/c1-9-5-3-2-4-7(9)6-8;1-2/h7H,2-6,8H2,1H3;1-2H3. The van der Waals surface area contributed by atoms with Gasteiger partial charge in [-0.15, -0.1) is 0 Å². The Bertz CT molecular complexity index is 83.6. The van der Waals surface area contributed by atoms with Gasteiger partial charge in [0, 0.05) is 12.6 Å². The average molecular weight is 158 g/mol. The van der Waals surface area contributed by atoms with Crippen LogP contribution in [0.4, 0.5) is 0 Å². The Morgan fingerprint density at radius 1 is 1.36 bits per heavy atom. The number of hydrogen-bond acceptors (Lipinski definition) is 2. The van der Waals surface area contributed by atoms with Gasteiger partial charge in [-0.25, -0.2) is 0 Å². The van der Waals surface area contributed by atoms with Crippen LogP contribution in [0.25, 0.3) is 0 Å². The lowest BCUT2D eigenvalue weighted by Gasteiger charge is -2.31. The summed E-state index contributed by atoms with van der Waals surface area (Å²) in [4.78, 5) is 2.36. The van der Waals surface area contributed by atoms with Gasteiger partial charge < -0.3 is 10.6 Å². The minimum absolute atomic E-state index is 0.666. The molecule has 0 aromatic carbocycles. The molecule has 1 saturated heterocycles. The summed E-state index contributed by atoms with van der Waals surface area (Å²) < 4.78 is 0. The number of hydrogen-bond donors (Lipinski definition) is 1. The zero-order valence-electron chi connectivity index (χ0n) is 8.14. The van der Waals surface area contributed by atoms with Gasteiger partial charge in [0.1, 0.15) is 0 Å². The van der Waals surface area contributed by atoms with Gasteiger partial charge in [0.05, 0.1) is 0 Å². The fraction of sp³-hybridized carbons (Fsp3) is 1.00. The van der Waals surface area contributed by atoms with Crippen LogP contribution in [-0.4, -0.2) is 31.1 Å². The van der Waals surface area contributed by atoms with Crippen molar-refractivity contribution >= 4 is 0 Å². The first-order chi connectivity index (χ1) is 5.34. The van der Waals surface area contributed by atoms with Crippen LogP contribution in [0.1, 0.15) is 33.1 Å². The van der Waals surface area contributed by atoms with E-state index in [2.05, 4.69) is 11.9 Å². The summed E-state index contributed by atoms with van der Waals surface area (Å²) in [6.45, 7) is 6.07. The molecule has 0 radical (unpaired) electrons. The number of rotatable bonds is 1. The second-order valence-electron chi connectivity index (χ2n) is 2.87. The van der Waals surface area contributed by atoms with Crippen molar-refractivity contribution < 1.29 is 0 Å². The molecule has 1 atom stereocenters. The second kappa shape index (κ2) is 6.62. The third-order valence-corrected chi connectivity index (χ3v) is 2.19. The molecule has 1 aliphatic heterocycles. The van der Waals surface area contributed by atoms with Gasteiger partial charge >= 0.3 is 0 Å². The minimum Gasteiger partial charge on any atom is -0.329 e. The molecule has 0 spiro atoms. The predicted octanol–water partition coefficient (Wildman–Crippen LogP) is 1.46. The van der Waals surface area contributed by atoms with E-state index in [0.29, 0.717) is 6.04 Å². The van der Waals surface area contributed by atoms with Crippen LogP contribution in [0.15, 0.2) is 0 Å². The molecule has 0 bridgehead atoms. The van der Waals surface area contributed by atoms with Gasteiger partial charge in [-0.1, -0.05) is 20.3 Å². The molecule has 1 rings (SSSR count). The largest absolute Gasteiger partial charge is 0.329 e. The Balaban J connectivity index is 0.000000461. The summed E-state index contributed by atoms with van der Waals surface area (Å²) in [5.74, 6) is 0. The zero-order valence-corrected chi connectivity index (χ0v) is 8.14. The number of nitrogens with zero attached hydrogens (tertiary/aromatic N) is 1. The molecule has 68 valence electrons.